The van der Waals surface area contributed by atoms with E-state index in [1.54, 1.807) is 29.2 Å². The number of carbonyl (C=O) groups is 2. The van der Waals surface area contributed by atoms with Gasteiger partial charge in [0.05, 0.1) is 11.3 Å². The number of benzene rings is 2. The van der Waals surface area contributed by atoms with E-state index in [9.17, 15) is 9.59 Å². The summed E-state index contributed by atoms with van der Waals surface area (Å²) in [6.45, 7) is 5.13. The van der Waals surface area contributed by atoms with E-state index < -0.39 is 5.91 Å². The van der Waals surface area contributed by atoms with Gasteiger partial charge in [-0.1, -0.05) is 29.8 Å². The highest BCUT2D eigenvalue weighted by atomic mass is 35.5. The molecule has 0 bridgehead atoms. The summed E-state index contributed by atoms with van der Waals surface area (Å²) in [7, 11) is 0. The van der Waals surface area contributed by atoms with E-state index in [4.69, 9.17) is 25.5 Å². The Bertz CT molecular complexity index is 1050. The first kappa shape index (κ1) is 23.2. The lowest BCUT2D eigenvalue weighted by Gasteiger charge is -2.19. The third kappa shape index (κ3) is 6.04. The van der Waals surface area contributed by atoms with Crippen LogP contribution in [0.2, 0.25) is 5.02 Å². The van der Waals surface area contributed by atoms with Gasteiger partial charge in [0.2, 0.25) is 0 Å². The molecule has 8 heteroatoms. The number of hydrogen-bond donors (Lipinski definition) is 1. The zero-order valence-electron chi connectivity index (χ0n) is 18.0. The molecule has 1 aromatic heterocycles. The molecular weight excluding hydrogens is 432 g/mol. The Morgan fingerprint density at radius 2 is 1.78 bits per heavy atom. The summed E-state index contributed by atoms with van der Waals surface area (Å²) in [6.07, 6.45) is 1.44. The second kappa shape index (κ2) is 11.2. The molecule has 0 spiro atoms. The Morgan fingerprint density at radius 3 is 2.47 bits per heavy atom. The van der Waals surface area contributed by atoms with Gasteiger partial charge in [-0.2, -0.15) is 0 Å². The maximum atomic E-state index is 12.7. The van der Waals surface area contributed by atoms with Gasteiger partial charge in [-0.05, 0) is 50.2 Å². The Labute approximate surface area is 191 Å². The van der Waals surface area contributed by atoms with Crippen molar-refractivity contribution in [2.75, 3.05) is 25.0 Å². The number of amides is 2. The number of anilines is 1. The molecule has 0 radical (unpaired) electrons. The molecule has 3 aromatic rings. The first-order chi connectivity index (χ1) is 15.5. The summed E-state index contributed by atoms with van der Waals surface area (Å²) in [5.74, 6) is 0.666. The van der Waals surface area contributed by atoms with Crippen molar-refractivity contribution in [1.82, 2.24) is 4.90 Å². The molecule has 32 heavy (non-hydrogen) atoms. The van der Waals surface area contributed by atoms with Crippen LogP contribution in [0.5, 0.6) is 11.5 Å². The van der Waals surface area contributed by atoms with Crippen LogP contribution in [0.15, 0.2) is 65.3 Å². The lowest BCUT2D eigenvalue weighted by atomic mass is 10.2. The van der Waals surface area contributed by atoms with Crippen molar-refractivity contribution in [1.29, 1.82) is 0 Å². The molecule has 7 nitrogen and oxygen atoms in total. The van der Waals surface area contributed by atoms with E-state index in [1.165, 1.54) is 6.26 Å². The number of ether oxygens (including phenoxy) is 2. The second-order valence-electron chi connectivity index (χ2n) is 6.83. The maximum Gasteiger partial charge on any atom is 0.291 e. The number of rotatable bonds is 10. The van der Waals surface area contributed by atoms with Gasteiger partial charge in [-0.3, -0.25) is 9.59 Å². The molecule has 0 aliphatic rings. The van der Waals surface area contributed by atoms with Crippen LogP contribution in [-0.4, -0.2) is 36.4 Å². The number of halogens is 1. The standard InChI is InChI=1S/C24H25ClN2O5/c1-3-27(4-2)22(28)16-32-21-11-10-18(14-20(21)25)26-24(29)23-17(12-13-30-23)15-31-19-8-6-5-7-9-19/h5-14H,3-4,15-16H2,1-2H3,(H,26,29). The van der Waals surface area contributed by atoms with Gasteiger partial charge in [0, 0.05) is 24.3 Å². The largest absolute Gasteiger partial charge is 0.489 e. The minimum atomic E-state index is -0.428. The molecule has 0 aliphatic carbocycles. The van der Waals surface area contributed by atoms with E-state index in [0.717, 1.165) is 0 Å². The fourth-order valence-corrected chi connectivity index (χ4v) is 3.25. The molecule has 168 valence electrons. The smallest absolute Gasteiger partial charge is 0.291 e. The summed E-state index contributed by atoms with van der Waals surface area (Å²) in [5, 5.41) is 3.03. The Hall–Kier alpha value is -3.45. The van der Waals surface area contributed by atoms with Crippen molar-refractivity contribution in [3.63, 3.8) is 0 Å². The fraction of sp³-hybridized carbons (Fsp3) is 0.250. The summed E-state index contributed by atoms with van der Waals surface area (Å²) in [6, 6.07) is 15.8. The number of nitrogens with zero attached hydrogens (tertiary/aromatic N) is 1. The summed E-state index contributed by atoms with van der Waals surface area (Å²) in [4.78, 5) is 26.4. The van der Waals surface area contributed by atoms with Gasteiger partial charge >= 0.3 is 0 Å². The van der Waals surface area contributed by atoms with Crippen LogP contribution >= 0.6 is 11.6 Å². The van der Waals surface area contributed by atoms with Crippen molar-refractivity contribution in [2.24, 2.45) is 0 Å². The van der Waals surface area contributed by atoms with Crippen molar-refractivity contribution < 1.29 is 23.5 Å². The Kier molecular flexibility index (Phi) is 8.16. The van der Waals surface area contributed by atoms with Crippen molar-refractivity contribution >= 4 is 29.1 Å². The van der Waals surface area contributed by atoms with Gasteiger partial charge in [0.1, 0.15) is 18.1 Å². The average molecular weight is 457 g/mol. The van der Waals surface area contributed by atoms with E-state index in [2.05, 4.69) is 5.32 Å². The Balaban J connectivity index is 1.59. The number of furan rings is 1. The molecule has 0 saturated carbocycles. The minimum Gasteiger partial charge on any atom is -0.489 e. The highest BCUT2D eigenvalue weighted by molar-refractivity contribution is 6.32. The van der Waals surface area contributed by atoms with Crippen LogP contribution in [-0.2, 0) is 11.4 Å². The molecule has 2 aromatic carbocycles. The number of hydrogen-bond acceptors (Lipinski definition) is 5. The molecule has 1 heterocycles. The highest BCUT2D eigenvalue weighted by Crippen LogP contribution is 2.28. The van der Waals surface area contributed by atoms with Gasteiger partial charge in [-0.15, -0.1) is 0 Å². The lowest BCUT2D eigenvalue weighted by molar-refractivity contribution is -0.132. The van der Waals surface area contributed by atoms with Crippen molar-refractivity contribution in [2.45, 2.75) is 20.5 Å². The normalized spacial score (nSPS) is 10.5. The number of carbonyl (C=O) groups excluding carboxylic acids is 2. The first-order valence-corrected chi connectivity index (χ1v) is 10.6. The molecular formula is C24H25ClN2O5. The number of para-hydroxylation sites is 1. The monoisotopic (exact) mass is 456 g/mol. The van der Waals surface area contributed by atoms with Crippen molar-refractivity contribution in [3.8, 4) is 11.5 Å². The summed E-state index contributed by atoms with van der Waals surface area (Å²) < 4.78 is 16.6. The quantitative estimate of drug-likeness (QED) is 0.463. The first-order valence-electron chi connectivity index (χ1n) is 10.3. The van der Waals surface area contributed by atoms with Gasteiger partial charge in [0.15, 0.2) is 12.4 Å². The Morgan fingerprint density at radius 1 is 1.03 bits per heavy atom. The van der Waals surface area contributed by atoms with Crippen molar-refractivity contribution in [3.05, 3.63) is 77.2 Å². The predicted molar refractivity (Wildman–Crippen MR) is 122 cm³/mol. The average Bonchev–Trinajstić information content (AvgIpc) is 3.27. The van der Waals surface area contributed by atoms with Crippen LogP contribution in [0, 0.1) is 0 Å². The number of nitrogens with one attached hydrogen (secondary N) is 1. The second-order valence-corrected chi connectivity index (χ2v) is 7.24. The van der Waals surface area contributed by atoms with E-state index in [0.29, 0.717) is 35.8 Å². The molecule has 1 N–H and O–H groups in total. The molecule has 2 amide bonds. The third-order valence-electron chi connectivity index (χ3n) is 4.75. The molecule has 0 unspecified atom stereocenters. The van der Waals surface area contributed by atoms with Gasteiger partial charge in [-0.25, -0.2) is 0 Å². The van der Waals surface area contributed by atoms with Crippen LogP contribution < -0.4 is 14.8 Å². The molecule has 3 rings (SSSR count). The fourth-order valence-electron chi connectivity index (χ4n) is 3.02. The molecule has 0 atom stereocenters. The minimum absolute atomic E-state index is 0.107. The lowest BCUT2D eigenvalue weighted by Crippen LogP contribution is -2.34. The van der Waals surface area contributed by atoms with Gasteiger partial charge < -0.3 is 24.1 Å². The highest BCUT2D eigenvalue weighted by Gasteiger charge is 2.17. The van der Waals surface area contributed by atoms with Crippen LogP contribution in [0.25, 0.3) is 0 Å². The zero-order chi connectivity index (χ0) is 22.9. The van der Waals surface area contributed by atoms with E-state index >= 15 is 0 Å². The molecule has 0 fully saturated rings. The maximum absolute atomic E-state index is 12.7. The van der Waals surface area contributed by atoms with Crippen LogP contribution in [0.3, 0.4) is 0 Å². The SMILES string of the molecule is CCN(CC)C(=O)COc1ccc(NC(=O)c2occc2COc2ccccc2)cc1Cl. The van der Waals surface area contributed by atoms with Crippen LogP contribution in [0.1, 0.15) is 30.0 Å². The third-order valence-corrected chi connectivity index (χ3v) is 5.04. The molecule has 0 saturated heterocycles. The van der Waals surface area contributed by atoms with E-state index in [-0.39, 0.29) is 29.9 Å². The van der Waals surface area contributed by atoms with E-state index in [1.807, 2.05) is 44.2 Å². The topological polar surface area (TPSA) is 81.0 Å². The van der Waals surface area contributed by atoms with Crippen LogP contribution in [0.4, 0.5) is 5.69 Å². The van der Waals surface area contributed by atoms with Gasteiger partial charge in [0.25, 0.3) is 11.8 Å². The predicted octanol–water partition coefficient (Wildman–Crippen LogP) is 5.01. The molecule has 0 aliphatic heterocycles. The summed E-state index contributed by atoms with van der Waals surface area (Å²) >= 11 is 6.27. The number of likely N-dealkylation sites (N-methyl/N-ethyl adjacent to an activating group) is 1. The summed E-state index contributed by atoms with van der Waals surface area (Å²) in [5.41, 5.74) is 1.08. The zero-order valence-corrected chi connectivity index (χ0v) is 18.7.